The molecule has 1 N–H and O–H groups in total. The van der Waals surface area contributed by atoms with Crippen molar-refractivity contribution in [1.82, 2.24) is 5.32 Å². The lowest BCUT2D eigenvalue weighted by Crippen LogP contribution is -2.59. The van der Waals surface area contributed by atoms with E-state index in [4.69, 9.17) is 0 Å². The first-order valence-corrected chi connectivity index (χ1v) is 8.56. The SMILES string of the molecule is O=CNC12CC(=O)C(C(c3ccccc3)C1)C(c1ccccc1)C2. The molecule has 3 saturated carbocycles. The van der Waals surface area contributed by atoms with Gasteiger partial charge in [-0.2, -0.15) is 0 Å². The van der Waals surface area contributed by atoms with E-state index in [0.717, 1.165) is 19.3 Å². The largest absolute Gasteiger partial charge is 0.353 e. The smallest absolute Gasteiger partial charge is 0.207 e. The van der Waals surface area contributed by atoms with Crippen LogP contribution in [0.4, 0.5) is 0 Å². The lowest BCUT2D eigenvalue weighted by Gasteiger charge is -2.53. The maximum absolute atomic E-state index is 12.9. The van der Waals surface area contributed by atoms with E-state index < -0.39 is 5.54 Å². The van der Waals surface area contributed by atoms with E-state index in [1.54, 1.807) is 0 Å². The lowest BCUT2D eigenvalue weighted by molar-refractivity contribution is -0.134. The van der Waals surface area contributed by atoms with E-state index in [-0.39, 0.29) is 23.5 Å². The Morgan fingerprint density at radius 1 is 0.875 bits per heavy atom. The summed E-state index contributed by atoms with van der Waals surface area (Å²) < 4.78 is 0. The molecule has 5 rings (SSSR count). The van der Waals surface area contributed by atoms with Gasteiger partial charge in [0.05, 0.1) is 0 Å². The van der Waals surface area contributed by atoms with Crippen molar-refractivity contribution >= 4 is 12.2 Å². The number of Topliss-reactive ketones (excluding diaryl/α,β-unsaturated/α-hetero) is 1. The average molecular weight is 319 g/mol. The molecule has 2 aromatic rings. The number of rotatable bonds is 4. The summed E-state index contributed by atoms with van der Waals surface area (Å²) in [5.41, 5.74) is 2.00. The summed E-state index contributed by atoms with van der Waals surface area (Å²) in [6.07, 6.45) is 2.91. The maximum atomic E-state index is 12.9. The normalized spacial score (nSPS) is 31.7. The third-order valence-electron chi connectivity index (χ3n) is 5.79. The van der Waals surface area contributed by atoms with Crippen LogP contribution < -0.4 is 5.32 Å². The predicted molar refractivity (Wildman–Crippen MR) is 92.6 cm³/mol. The Morgan fingerprint density at radius 2 is 1.38 bits per heavy atom. The fourth-order valence-electron chi connectivity index (χ4n) is 4.85. The first-order chi connectivity index (χ1) is 11.7. The van der Waals surface area contributed by atoms with Gasteiger partial charge in [0.1, 0.15) is 5.78 Å². The number of ketones is 1. The van der Waals surface area contributed by atoms with Crippen LogP contribution in [-0.2, 0) is 9.59 Å². The van der Waals surface area contributed by atoms with Gasteiger partial charge in [-0.25, -0.2) is 0 Å². The Bertz CT molecular complexity index is 691. The van der Waals surface area contributed by atoms with Gasteiger partial charge in [0, 0.05) is 17.9 Å². The number of carbonyl (C=O) groups is 2. The highest BCUT2D eigenvalue weighted by molar-refractivity contribution is 5.87. The Labute approximate surface area is 142 Å². The van der Waals surface area contributed by atoms with E-state index in [0.29, 0.717) is 6.42 Å². The minimum atomic E-state index is -0.408. The minimum absolute atomic E-state index is 0.00475. The molecular formula is C21H21NO2. The molecular weight excluding hydrogens is 298 g/mol. The molecule has 2 unspecified atom stereocenters. The molecule has 0 saturated heterocycles. The van der Waals surface area contributed by atoms with Crippen LogP contribution in [-0.4, -0.2) is 17.7 Å². The summed E-state index contributed by atoms with van der Waals surface area (Å²) in [4.78, 5) is 24.2. The van der Waals surface area contributed by atoms with Crippen molar-refractivity contribution in [2.75, 3.05) is 0 Å². The van der Waals surface area contributed by atoms with Crippen LogP contribution in [0.5, 0.6) is 0 Å². The van der Waals surface area contributed by atoms with Crippen LogP contribution in [0.3, 0.4) is 0 Å². The Hall–Kier alpha value is -2.42. The lowest BCUT2D eigenvalue weighted by atomic mass is 9.53. The van der Waals surface area contributed by atoms with Crippen molar-refractivity contribution in [3.8, 4) is 0 Å². The number of hydrogen-bond donors (Lipinski definition) is 1. The van der Waals surface area contributed by atoms with Gasteiger partial charge in [-0.1, -0.05) is 60.7 Å². The second-order valence-electron chi connectivity index (χ2n) is 7.15. The molecule has 2 aromatic carbocycles. The number of carbonyl (C=O) groups excluding carboxylic acids is 2. The van der Waals surface area contributed by atoms with Crippen molar-refractivity contribution in [1.29, 1.82) is 0 Å². The molecule has 0 heterocycles. The molecule has 2 atom stereocenters. The summed E-state index contributed by atoms with van der Waals surface area (Å²) in [6, 6.07) is 20.5. The van der Waals surface area contributed by atoms with Crippen molar-refractivity contribution < 1.29 is 9.59 Å². The zero-order valence-electron chi connectivity index (χ0n) is 13.5. The number of benzene rings is 2. The van der Waals surface area contributed by atoms with E-state index >= 15 is 0 Å². The first-order valence-electron chi connectivity index (χ1n) is 8.56. The summed E-state index contributed by atoms with van der Waals surface area (Å²) in [5, 5.41) is 3.01. The molecule has 2 bridgehead atoms. The van der Waals surface area contributed by atoms with Crippen molar-refractivity contribution in [3.05, 3.63) is 71.8 Å². The highest BCUT2D eigenvalue weighted by Crippen LogP contribution is 2.56. The van der Waals surface area contributed by atoms with E-state index in [1.165, 1.54) is 11.1 Å². The van der Waals surface area contributed by atoms with Crippen molar-refractivity contribution in [2.24, 2.45) is 5.92 Å². The second-order valence-corrected chi connectivity index (χ2v) is 7.15. The molecule has 24 heavy (non-hydrogen) atoms. The summed E-state index contributed by atoms with van der Waals surface area (Å²) >= 11 is 0. The van der Waals surface area contributed by atoms with Crippen LogP contribution in [0.25, 0.3) is 0 Å². The van der Waals surface area contributed by atoms with E-state index in [9.17, 15) is 9.59 Å². The number of amides is 1. The summed E-state index contributed by atoms with van der Waals surface area (Å²) in [6.45, 7) is 0. The fraction of sp³-hybridized carbons (Fsp3) is 0.333. The standard InChI is InChI=1S/C21H21NO2/c23-14-22-21-11-17(15-7-3-1-4-8-15)20(19(24)13-21)18(12-21)16-9-5-2-6-10-16/h1-10,14,17-18,20H,11-13H2,(H,22,23). The van der Waals surface area contributed by atoms with Crippen LogP contribution in [0.1, 0.15) is 42.2 Å². The Morgan fingerprint density at radius 3 is 1.83 bits per heavy atom. The van der Waals surface area contributed by atoms with Crippen molar-refractivity contribution in [2.45, 2.75) is 36.6 Å². The van der Waals surface area contributed by atoms with Crippen molar-refractivity contribution in [3.63, 3.8) is 0 Å². The van der Waals surface area contributed by atoms with Gasteiger partial charge in [-0.15, -0.1) is 0 Å². The zero-order chi connectivity index (χ0) is 16.6. The molecule has 0 spiro atoms. The van der Waals surface area contributed by atoms with E-state index in [2.05, 4.69) is 29.6 Å². The van der Waals surface area contributed by atoms with Crippen LogP contribution in [0.2, 0.25) is 0 Å². The van der Waals surface area contributed by atoms with Gasteiger partial charge in [0.15, 0.2) is 0 Å². The second kappa shape index (κ2) is 5.90. The molecule has 3 aliphatic carbocycles. The van der Waals surface area contributed by atoms with Gasteiger partial charge in [0.2, 0.25) is 6.41 Å². The summed E-state index contributed by atoms with van der Waals surface area (Å²) in [7, 11) is 0. The molecule has 1 amide bonds. The summed E-state index contributed by atoms with van der Waals surface area (Å²) in [5.74, 6) is 0.618. The molecule has 3 heteroatoms. The van der Waals surface area contributed by atoms with Gasteiger partial charge >= 0.3 is 0 Å². The molecule has 3 fully saturated rings. The zero-order valence-corrected chi connectivity index (χ0v) is 13.5. The van der Waals surface area contributed by atoms with Crippen LogP contribution in [0.15, 0.2) is 60.7 Å². The van der Waals surface area contributed by atoms with E-state index in [1.807, 2.05) is 36.4 Å². The monoisotopic (exact) mass is 319 g/mol. The topological polar surface area (TPSA) is 46.2 Å². The molecule has 3 aliphatic rings. The van der Waals surface area contributed by atoms with Crippen LogP contribution in [0, 0.1) is 5.92 Å². The van der Waals surface area contributed by atoms with Gasteiger partial charge in [-0.3, -0.25) is 9.59 Å². The average Bonchev–Trinajstić information content (AvgIpc) is 2.62. The molecule has 0 aromatic heterocycles. The number of nitrogens with one attached hydrogen (secondary N) is 1. The fourth-order valence-corrected chi connectivity index (χ4v) is 4.85. The molecule has 3 nitrogen and oxygen atoms in total. The van der Waals surface area contributed by atoms with Crippen LogP contribution >= 0.6 is 0 Å². The Balaban J connectivity index is 1.79. The molecule has 122 valence electrons. The molecule has 0 radical (unpaired) electrons. The minimum Gasteiger partial charge on any atom is -0.353 e. The molecule has 0 aliphatic heterocycles. The highest BCUT2D eigenvalue weighted by atomic mass is 16.1. The Kier molecular flexibility index (Phi) is 3.72. The quantitative estimate of drug-likeness (QED) is 0.878. The maximum Gasteiger partial charge on any atom is 0.207 e. The van der Waals surface area contributed by atoms with Gasteiger partial charge in [0.25, 0.3) is 0 Å². The first kappa shape index (κ1) is 15.1. The number of hydrogen-bond acceptors (Lipinski definition) is 2. The van der Waals surface area contributed by atoms with Gasteiger partial charge < -0.3 is 5.32 Å². The number of fused-ring (bicyclic) bond motifs is 3. The predicted octanol–water partition coefficient (Wildman–Crippen LogP) is 3.42. The third-order valence-corrected chi connectivity index (χ3v) is 5.79. The van der Waals surface area contributed by atoms with Gasteiger partial charge in [-0.05, 0) is 35.8 Å². The highest BCUT2D eigenvalue weighted by Gasteiger charge is 2.55. The third kappa shape index (κ3) is 2.44.